The Balaban J connectivity index is 2.03. The van der Waals surface area contributed by atoms with Gasteiger partial charge in [-0.25, -0.2) is 9.97 Å². The number of hydrogen-bond donors (Lipinski definition) is 0. The van der Waals surface area contributed by atoms with Gasteiger partial charge in [0.1, 0.15) is 11.5 Å². The van der Waals surface area contributed by atoms with Crippen LogP contribution in [0, 0.1) is 0 Å². The first-order chi connectivity index (χ1) is 8.68. The van der Waals surface area contributed by atoms with Crippen LogP contribution in [0.1, 0.15) is 30.2 Å². The summed E-state index contributed by atoms with van der Waals surface area (Å²) in [6.07, 6.45) is 2.32. The van der Waals surface area contributed by atoms with Gasteiger partial charge in [-0.3, -0.25) is 0 Å². The van der Waals surface area contributed by atoms with E-state index in [0.717, 1.165) is 12.0 Å². The van der Waals surface area contributed by atoms with Gasteiger partial charge in [0, 0.05) is 11.3 Å². The van der Waals surface area contributed by atoms with Crippen molar-refractivity contribution in [3.8, 4) is 5.88 Å². The van der Waals surface area contributed by atoms with E-state index in [-0.39, 0.29) is 5.92 Å². The lowest BCUT2D eigenvalue weighted by Gasteiger charge is -2.13. The number of rotatable bonds is 5. The van der Waals surface area contributed by atoms with E-state index in [1.54, 1.807) is 11.3 Å². The minimum Gasteiger partial charge on any atom is -0.477 e. The number of nitrogens with zero attached hydrogens (tertiary/aromatic N) is 2. The fourth-order valence-electron chi connectivity index (χ4n) is 1.66. The van der Waals surface area contributed by atoms with Crippen LogP contribution in [0.3, 0.4) is 0 Å². The van der Waals surface area contributed by atoms with E-state index in [9.17, 15) is 0 Å². The molecule has 0 aliphatic heterocycles. The van der Waals surface area contributed by atoms with Gasteiger partial charge in [0.05, 0.1) is 12.2 Å². The molecule has 0 fully saturated rings. The summed E-state index contributed by atoms with van der Waals surface area (Å²) in [5, 5.41) is 2.54. The van der Waals surface area contributed by atoms with Gasteiger partial charge in [-0.05, 0) is 17.4 Å². The molecule has 18 heavy (non-hydrogen) atoms. The summed E-state index contributed by atoms with van der Waals surface area (Å²) in [5.74, 6) is 0.844. The maximum Gasteiger partial charge on any atom is 0.221 e. The van der Waals surface area contributed by atoms with Crippen LogP contribution in [0.15, 0.2) is 23.8 Å². The van der Waals surface area contributed by atoms with E-state index >= 15 is 0 Å². The van der Waals surface area contributed by atoms with Crippen LogP contribution in [-0.4, -0.2) is 16.6 Å². The van der Waals surface area contributed by atoms with Crippen molar-refractivity contribution in [2.45, 2.75) is 26.2 Å². The van der Waals surface area contributed by atoms with Crippen LogP contribution in [0.4, 0.5) is 0 Å². The molecule has 0 N–H and O–H groups in total. The molecule has 96 valence electrons. The van der Waals surface area contributed by atoms with Gasteiger partial charge in [-0.15, -0.1) is 11.3 Å². The third-order valence-electron chi connectivity index (χ3n) is 2.54. The smallest absolute Gasteiger partial charge is 0.221 e. The third kappa shape index (κ3) is 3.21. The van der Waals surface area contributed by atoms with Crippen molar-refractivity contribution in [1.82, 2.24) is 9.97 Å². The van der Waals surface area contributed by atoms with Crippen LogP contribution in [0.5, 0.6) is 5.88 Å². The first-order valence-electron chi connectivity index (χ1n) is 5.84. The number of ether oxygens (including phenoxy) is 1. The van der Waals surface area contributed by atoms with Crippen molar-refractivity contribution in [2.24, 2.45) is 0 Å². The molecule has 3 nitrogen and oxygen atoms in total. The molecule has 0 aromatic carbocycles. The average molecular weight is 283 g/mol. The molecule has 2 rings (SSSR count). The Morgan fingerprint density at radius 2 is 2.22 bits per heavy atom. The largest absolute Gasteiger partial charge is 0.477 e. The Kier molecular flexibility index (Phi) is 4.55. The average Bonchev–Trinajstić information content (AvgIpc) is 2.81. The van der Waals surface area contributed by atoms with E-state index in [2.05, 4.69) is 35.3 Å². The highest BCUT2D eigenvalue weighted by molar-refractivity contribution is 7.09. The normalized spacial score (nSPS) is 10.9. The van der Waals surface area contributed by atoms with Crippen molar-refractivity contribution >= 4 is 22.9 Å². The molecule has 0 saturated carbocycles. The molecule has 0 aliphatic carbocycles. The Hall–Kier alpha value is -1.13. The maximum atomic E-state index is 6.07. The van der Waals surface area contributed by atoms with E-state index in [1.165, 1.54) is 11.2 Å². The minimum atomic E-state index is 0.246. The van der Waals surface area contributed by atoms with Gasteiger partial charge in [0.15, 0.2) is 0 Å². The molecule has 0 spiro atoms. The third-order valence-corrected chi connectivity index (χ3v) is 3.78. The zero-order chi connectivity index (χ0) is 13.0. The van der Waals surface area contributed by atoms with E-state index in [0.29, 0.717) is 17.6 Å². The lowest BCUT2D eigenvalue weighted by atomic mass is 10.1. The number of hydrogen-bond acceptors (Lipinski definition) is 4. The highest BCUT2D eigenvalue weighted by Crippen LogP contribution is 2.29. The van der Waals surface area contributed by atoms with Gasteiger partial charge in [0.25, 0.3) is 0 Å². The molecule has 2 aromatic rings. The minimum absolute atomic E-state index is 0.246. The van der Waals surface area contributed by atoms with Gasteiger partial charge >= 0.3 is 0 Å². The number of thiophene rings is 1. The van der Waals surface area contributed by atoms with Crippen LogP contribution >= 0.6 is 22.9 Å². The van der Waals surface area contributed by atoms with Crippen LogP contribution in [0.25, 0.3) is 0 Å². The molecular formula is C13H15ClN2OS. The first kappa shape index (κ1) is 13.3. The molecule has 0 radical (unpaired) electrons. The van der Waals surface area contributed by atoms with E-state index in [1.807, 2.05) is 6.07 Å². The van der Waals surface area contributed by atoms with Crippen molar-refractivity contribution < 1.29 is 4.74 Å². The molecule has 0 atom stereocenters. The second-order valence-corrected chi connectivity index (χ2v) is 5.61. The molecule has 0 unspecified atom stereocenters. The summed E-state index contributed by atoms with van der Waals surface area (Å²) in [5.41, 5.74) is 0.880. The maximum absolute atomic E-state index is 6.07. The first-order valence-corrected chi connectivity index (χ1v) is 7.10. The molecule has 0 bridgehead atoms. The highest BCUT2D eigenvalue weighted by atomic mass is 35.5. The lowest BCUT2D eigenvalue weighted by molar-refractivity contribution is 0.305. The molecule has 2 heterocycles. The van der Waals surface area contributed by atoms with Crippen molar-refractivity contribution in [3.05, 3.63) is 39.4 Å². The molecule has 0 aliphatic rings. The van der Waals surface area contributed by atoms with Crippen LogP contribution in [-0.2, 0) is 6.42 Å². The summed E-state index contributed by atoms with van der Waals surface area (Å²) in [6.45, 7) is 4.71. The second kappa shape index (κ2) is 6.16. The Morgan fingerprint density at radius 1 is 1.39 bits per heavy atom. The molecular weight excluding hydrogens is 268 g/mol. The van der Waals surface area contributed by atoms with Gasteiger partial charge in [-0.2, -0.15) is 0 Å². The molecule has 2 aromatic heterocycles. The summed E-state index contributed by atoms with van der Waals surface area (Å²) in [6, 6.07) is 4.14. The van der Waals surface area contributed by atoms with Gasteiger partial charge in [-0.1, -0.05) is 31.5 Å². The second-order valence-electron chi connectivity index (χ2n) is 4.22. The fourth-order valence-corrected chi connectivity index (χ4v) is 2.70. The van der Waals surface area contributed by atoms with Crippen molar-refractivity contribution in [1.29, 1.82) is 0 Å². The SMILES string of the molecule is CC(C)c1c(Cl)ncnc1OCCc1cccs1. The van der Waals surface area contributed by atoms with Crippen LogP contribution < -0.4 is 4.74 Å². The Morgan fingerprint density at radius 3 is 2.89 bits per heavy atom. The quantitative estimate of drug-likeness (QED) is 0.779. The predicted molar refractivity (Wildman–Crippen MR) is 74.6 cm³/mol. The lowest BCUT2D eigenvalue weighted by Crippen LogP contribution is -2.06. The Bertz CT molecular complexity index is 500. The summed E-state index contributed by atoms with van der Waals surface area (Å²) < 4.78 is 5.72. The molecule has 0 saturated heterocycles. The topological polar surface area (TPSA) is 35.0 Å². The zero-order valence-electron chi connectivity index (χ0n) is 10.4. The standard InChI is InChI=1S/C13H15ClN2OS/c1-9(2)11-12(14)15-8-16-13(11)17-6-5-10-4-3-7-18-10/h3-4,7-9H,5-6H2,1-2H3. The highest BCUT2D eigenvalue weighted by Gasteiger charge is 2.14. The number of halogens is 1. The van der Waals surface area contributed by atoms with Crippen molar-refractivity contribution in [3.63, 3.8) is 0 Å². The Labute approximate surface area is 116 Å². The monoisotopic (exact) mass is 282 g/mol. The predicted octanol–water partition coefficient (Wildman–Crippen LogP) is 3.94. The summed E-state index contributed by atoms with van der Waals surface area (Å²) >= 11 is 7.81. The fraction of sp³-hybridized carbons (Fsp3) is 0.385. The summed E-state index contributed by atoms with van der Waals surface area (Å²) in [4.78, 5) is 9.47. The molecule has 5 heteroatoms. The van der Waals surface area contributed by atoms with Gasteiger partial charge in [0.2, 0.25) is 5.88 Å². The van der Waals surface area contributed by atoms with E-state index < -0.39 is 0 Å². The summed E-state index contributed by atoms with van der Waals surface area (Å²) in [7, 11) is 0. The molecule has 0 amide bonds. The van der Waals surface area contributed by atoms with E-state index in [4.69, 9.17) is 16.3 Å². The zero-order valence-corrected chi connectivity index (χ0v) is 12.0. The van der Waals surface area contributed by atoms with Crippen LogP contribution in [0.2, 0.25) is 5.15 Å². The van der Waals surface area contributed by atoms with Gasteiger partial charge < -0.3 is 4.74 Å². The van der Waals surface area contributed by atoms with Crippen molar-refractivity contribution in [2.75, 3.05) is 6.61 Å². The number of aromatic nitrogens is 2.